The number of aromatic nitrogens is 1. The Bertz CT molecular complexity index is 1000. The molecule has 1 heterocycles. The van der Waals surface area contributed by atoms with Gasteiger partial charge in [0.25, 0.3) is 0 Å². The van der Waals surface area contributed by atoms with E-state index in [1.165, 1.54) is 6.92 Å². The van der Waals surface area contributed by atoms with E-state index in [-0.39, 0.29) is 22.9 Å². The van der Waals surface area contributed by atoms with Crippen LogP contribution in [0, 0.1) is 13.8 Å². The van der Waals surface area contributed by atoms with E-state index in [9.17, 15) is 13.5 Å². The molecule has 0 aliphatic heterocycles. The largest absolute Gasteiger partial charge is 0.384 e. The summed E-state index contributed by atoms with van der Waals surface area (Å²) in [6.45, 7) is 4.49. The molecule has 0 aliphatic rings. The molecule has 2 N–H and O–H groups in total. The molecule has 6 nitrogen and oxygen atoms in total. The van der Waals surface area contributed by atoms with Crippen molar-refractivity contribution in [3.05, 3.63) is 71.6 Å². The van der Waals surface area contributed by atoms with Crippen LogP contribution in [0.5, 0.6) is 0 Å². The Hall–Kier alpha value is -2.48. The highest BCUT2D eigenvalue weighted by atomic mass is 32.2. The molecule has 3 rings (SSSR count). The van der Waals surface area contributed by atoms with E-state index < -0.39 is 15.6 Å². The van der Waals surface area contributed by atoms with Crippen molar-refractivity contribution in [1.29, 1.82) is 0 Å². The van der Waals surface area contributed by atoms with E-state index in [1.54, 1.807) is 26.0 Å². The van der Waals surface area contributed by atoms with Gasteiger partial charge in [0, 0.05) is 6.54 Å². The molecule has 0 radical (unpaired) electrons. The van der Waals surface area contributed by atoms with Crippen LogP contribution in [-0.2, 0) is 15.6 Å². The normalized spacial score (nSPS) is 14.1. The molecule has 27 heavy (non-hydrogen) atoms. The fourth-order valence-electron chi connectivity index (χ4n) is 2.92. The van der Waals surface area contributed by atoms with Gasteiger partial charge in [-0.2, -0.15) is 0 Å². The fraction of sp³-hybridized carbons (Fsp3) is 0.250. The summed E-state index contributed by atoms with van der Waals surface area (Å²) in [4.78, 5) is 0.0118. The van der Waals surface area contributed by atoms with Gasteiger partial charge in [-0.05, 0) is 37.5 Å². The first-order valence-corrected chi connectivity index (χ1v) is 10.00. The number of sulfonamides is 1. The average molecular weight is 386 g/mol. The molecule has 2 aromatic carbocycles. The van der Waals surface area contributed by atoms with E-state index in [0.29, 0.717) is 5.56 Å². The first kappa shape index (κ1) is 19.3. The lowest BCUT2D eigenvalue weighted by Gasteiger charge is -2.24. The Morgan fingerprint density at radius 2 is 1.63 bits per heavy atom. The minimum Gasteiger partial charge on any atom is -0.384 e. The summed E-state index contributed by atoms with van der Waals surface area (Å²) in [5.74, 6) is 0.215. The molecule has 1 aromatic heterocycles. The zero-order valence-corrected chi connectivity index (χ0v) is 16.2. The predicted molar refractivity (Wildman–Crippen MR) is 103 cm³/mol. The number of nitrogens with one attached hydrogen (secondary N) is 1. The average Bonchev–Trinajstić information content (AvgIpc) is 3.00. The van der Waals surface area contributed by atoms with Crippen LogP contribution in [0.1, 0.15) is 23.9 Å². The zero-order chi connectivity index (χ0) is 19.7. The van der Waals surface area contributed by atoms with Gasteiger partial charge in [-0.3, -0.25) is 0 Å². The first-order valence-electron chi connectivity index (χ1n) is 8.51. The van der Waals surface area contributed by atoms with Crippen LogP contribution in [0.2, 0.25) is 0 Å². The predicted octanol–water partition coefficient (Wildman–Crippen LogP) is 3.14. The molecule has 1 atom stereocenters. The highest BCUT2D eigenvalue weighted by Crippen LogP contribution is 2.26. The van der Waals surface area contributed by atoms with Gasteiger partial charge in [0.2, 0.25) is 10.0 Å². The standard InChI is InChI=1S/C20H22N2O4S/c1-14-19(15(2)26-22-14)27(24,25)21-13-20(3,23)18-11-9-17(10-12-18)16-7-5-4-6-8-16/h4-12,21,23H,13H2,1-3H3. The minimum atomic E-state index is -3.84. The Balaban J connectivity index is 1.77. The number of nitrogens with zero attached hydrogens (tertiary/aromatic N) is 1. The van der Waals surface area contributed by atoms with Gasteiger partial charge in [-0.25, -0.2) is 13.1 Å². The van der Waals surface area contributed by atoms with Crippen LogP contribution in [0.15, 0.2) is 64.0 Å². The van der Waals surface area contributed by atoms with Crippen molar-refractivity contribution in [3.8, 4) is 11.1 Å². The van der Waals surface area contributed by atoms with Crippen molar-refractivity contribution in [3.63, 3.8) is 0 Å². The lowest BCUT2D eigenvalue weighted by molar-refractivity contribution is 0.0627. The lowest BCUT2D eigenvalue weighted by Crippen LogP contribution is -2.38. The van der Waals surface area contributed by atoms with Gasteiger partial charge in [0.1, 0.15) is 16.2 Å². The molecule has 1 unspecified atom stereocenters. The monoisotopic (exact) mass is 386 g/mol. The molecular formula is C20H22N2O4S. The fourth-order valence-corrected chi connectivity index (χ4v) is 4.38. The van der Waals surface area contributed by atoms with Gasteiger partial charge in [0.05, 0.1) is 0 Å². The van der Waals surface area contributed by atoms with Gasteiger partial charge in [-0.15, -0.1) is 0 Å². The quantitative estimate of drug-likeness (QED) is 0.679. The summed E-state index contributed by atoms with van der Waals surface area (Å²) in [6.07, 6.45) is 0. The van der Waals surface area contributed by atoms with Gasteiger partial charge in [0.15, 0.2) is 5.76 Å². The Morgan fingerprint density at radius 3 is 2.19 bits per heavy atom. The van der Waals surface area contributed by atoms with E-state index in [4.69, 9.17) is 4.52 Å². The van der Waals surface area contributed by atoms with Crippen LogP contribution in [0.3, 0.4) is 0 Å². The molecule has 0 bridgehead atoms. The Morgan fingerprint density at radius 1 is 1.04 bits per heavy atom. The molecule has 7 heteroatoms. The van der Waals surface area contributed by atoms with Crippen molar-refractivity contribution in [2.75, 3.05) is 6.54 Å². The van der Waals surface area contributed by atoms with Crippen molar-refractivity contribution < 1.29 is 18.0 Å². The van der Waals surface area contributed by atoms with Crippen LogP contribution in [-0.4, -0.2) is 25.2 Å². The smallest absolute Gasteiger partial charge is 0.246 e. The number of hydrogen-bond donors (Lipinski definition) is 2. The van der Waals surface area contributed by atoms with E-state index >= 15 is 0 Å². The molecule has 3 aromatic rings. The number of aliphatic hydroxyl groups is 1. The third-order valence-electron chi connectivity index (χ3n) is 4.46. The van der Waals surface area contributed by atoms with Gasteiger partial charge < -0.3 is 9.63 Å². The number of benzene rings is 2. The summed E-state index contributed by atoms with van der Waals surface area (Å²) in [5.41, 5.74) is 1.62. The molecule has 0 amide bonds. The highest BCUT2D eigenvalue weighted by molar-refractivity contribution is 7.89. The van der Waals surface area contributed by atoms with Crippen LogP contribution in [0.25, 0.3) is 11.1 Å². The minimum absolute atomic E-state index is 0.0118. The summed E-state index contributed by atoms with van der Waals surface area (Å²) < 4.78 is 32.4. The van der Waals surface area contributed by atoms with Crippen LogP contribution in [0.4, 0.5) is 0 Å². The molecule has 0 spiro atoms. The van der Waals surface area contributed by atoms with Gasteiger partial charge in [-0.1, -0.05) is 59.8 Å². The second-order valence-corrected chi connectivity index (χ2v) is 8.40. The topological polar surface area (TPSA) is 92.4 Å². The van der Waals surface area contributed by atoms with Crippen molar-refractivity contribution in [2.45, 2.75) is 31.3 Å². The molecule has 0 saturated heterocycles. The number of rotatable bonds is 6. The SMILES string of the molecule is Cc1noc(C)c1S(=O)(=O)NCC(C)(O)c1ccc(-c2ccccc2)cc1. The summed E-state index contributed by atoms with van der Waals surface area (Å²) in [7, 11) is -3.84. The molecular weight excluding hydrogens is 364 g/mol. The third kappa shape index (κ3) is 4.10. The first-order chi connectivity index (χ1) is 12.7. The van der Waals surface area contributed by atoms with Crippen LogP contribution >= 0.6 is 0 Å². The molecule has 0 aliphatic carbocycles. The second kappa shape index (κ2) is 7.26. The van der Waals surface area contributed by atoms with Crippen molar-refractivity contribution in [2.24, 2.45) is 0 Å². The lowest BCUT2D eigenvalue weighted by atomic mass is 9.94. The Kier molecular flexibility index (Phi) is 5.19. The maximum atomic E-state index is 12.5. The van der Waals surface area contributed by atoms with Crippen molar-refractivity contribution in [1.82, 2.24) is 9.88 Å². The van der Waals surface area contributed by atoms with Crippen molar-refractivity contribution >= 4 is 10.0 Å². The van der Waals surface area contributed by atoms with Crippen LogP contribution < -0.4 is 4.72 Å². The third-order valence-corrected chi connectivity index (χ3v) is 6.10. The van der Waals surface area contributed by atoms with E-state index in [2.05, 4.69) is 9.88 Å². The van der Waals surface area contributed by atoms with E-state index in [1.807, 2.05) is 42.5 Å². The maximum absolute atomic E-state index is 12.5. The van der Waals surface area contributed by atoms with Gasteiger partial charge >= 0.3 is 0 Å². The second-order valence-electron chi connectivity index (χ2n) is 6.70. The number of aryl methyl sites for hydroxylation is 2. The summed E-state index contributed by atoms with van der Waals surface area (Å²) in [6, 6.07) is 17.3. The number of hydrogen-bond acceptors (Lipinski definition) is 5. The Labute approximate surface area is 158 Å². The summed E-state index contributed by atoms with van der Waals surface area (Å²) >= 11 is 0. The van der Waals surface area contributed by atoms with E-state index in [0.717, 1.165) is 11.1 Å². The maximum Gasteiger partial charge on any atom is 0.246 e. The highest BCUT2D eigenvalue weighted by Gasteiger charge is 2.29. The molecule has 0 fully saturated rings. The zero-order valence-electron chi connectivity index (χ0n) is 15.4. The molecule has 0 saturated carbocycles. The summed E-state index contributed by atoms with van der Waals surface area (Å²) in [5, 5.41) is 14.4. The molecule has 142 valence electrons.